The molecule has 0 amide bonds. The fraction of sp³-hybridized carbons (Fsp3) is 0.714. The number of allylic oxidation sites excluding steroid dienone is 1. The second kappa shape index (κ2) is 5.35. The minimum atomic E-state index is -0.463. The van der Waals surface area contributed by atoms with Gasteiger partial charge in [-0.3, -0.25) is 0 Å². The van der Waals surface area contributed by atoms with Crippen LogP contribution in [0.5, 0.6) is 0 Å². The second-order valence-electron chi connectivity index (χ2n) is 5.67. The number of carbonyl (C=O) groups excluding carboxylic acids is 1. The molecular formula is C14H21NO2. The normalized spacial score (nSPS) is 25.9. The summed E-state index contributed by atoms with van der Waals surface area (Å²) in [4.78, 5) is 11.7. The lowest BCUT2D eigenvalue weighted by atomic mass is 9.69. The van der Waals surface area contributed by atoms with Crippen LogP contribution >= 0.6 is 0 Å². The average molecular weight is 235 g/mol. The maximum atomic E-state index is 11.7. The Balaban J connectivity index is 3.00. The van der Waals surface area contributed by atoms with Crippen molar-refractivity contribution in [2.45, 2.75) is 47.0 Å². The largest absolute Gasteiger partial charge is 0.462 e. The SMILES string of the molecule is CCOC(=O)/C(C#N)=C1\C[C@H](C)CC(C)(C)C1. The Labute approximate surface area is 103 Å². The summed E-state index contributed by atoms with van der Waals surface area (Å²) in [5.41, 5.74) is 1.36. The molecule has 0 radical (unpaired) electrons. The summed E-state index contributed by atoms with van der Waals surface area (Å²) in [5, 5.41) is 9.12. The Morgan fingerprint density at radius 2 is 2.24 bits per heavy atom. The molecule has 1 fully saturated rings. The molecule has 0 aromatic heterocycles. The first-order chi connectivity index (χ1) is 7.89. The fourth-order valence-electron chi connectivity index (χ4n) is 2.82. The van der Waals surface area contributed by atoms with Gasteiger partial charge in [0.15, 0.2) is 0 Å². The van der Waals surface area contributed by atoms with Crippen LogP contribution in [0.15, 0.2) is 11.1 Å². The van der Waals surface area contributed by atoms with E-state index < -0.39 is 5.97 Å². The van der Waals surface area contributed by atoms with Crippen molar-refractivity contribution in [1.82, 2.24) is 0 Å². The summed E-state index contributed by atoms with van der Waals surface area (Å²) in [7, 11) is 0. The third-order valence-electron chi connectivity index (χ3n) is 3.13. The zero-order valence-corrected chi connectivity index (χ0v) is 11.2. The van der Waals surface area contributed by atoms with Crippen molar-refractivity contribution in [3.63, 3.8) is 0 Å². The van der Waals surface area contributed by atoms with E-state index in [1.165, 1.54) is 0 Å². The molecule has 0 spiro atoms. The fourth-order valence-corrected chi connectivity index (χ4v) is 2.82. The van der Waals surface area contributed by atoms with Gasteiger partial charge >= 0.3 is 5.97 Å². The van der Waals surface area contributed by atoms with E-state index >= 15 is 0 Å². The van der Waals surface area contributed by atoms with Crippen molar-refractivity contribution in [3.8, 4) is 6.07 Å². The number of esters is 1. The summed E-state index contributed by atoms with van der Waals surface area (Å²) in [6, 6.07) is 2.02. The minimum absolute atomic E-state index is 0.168. The van der Waals surface area contributed by atoms with Crippen LogP contribution in [0, 0.1) is 22.7 Å². The molecule has 0 heterocycles. The van der Waals surface area contributed by atoms with Gasteiger partial charge in [-0.2, -0.15) is 5.26 Å². The number of rotatable bonds is 2. The first-order valence-corrected chi connectivity index (χ1v) is 6.19. The Bertz CT molecular complexity index is 374. The number of carbonyl (C=O) groups is 1. The minimum Gasteiger partial charge on any atom is -0.462 e. The number of nitriles is 1. The quantitative estimate of drug-likeness (QED) is 0.419. The van der Waals surface area contributed by atoms with Crippen molar-refractivity contribution < 1.29 is 9.53 Å². The van der Waals surface area contributed by atoms with Crippen molar-refractivity contribution in [1.29, 1.82) is 5.26 Å². The van der Waals surface area contributed by atoms with Crippen LogP contribution in [0.25, 0.3) is 0 Å². The number of hydrogen-bond acceptors (Lipinski definition) is 3. The molecule has 0 unspecified atom stereocenters. The zero-order valence-electron chi connectivity index (χ0n) is 11.2. The van der Waals surface area contributed by atoms with E-state index in [0.717, 1.165) is 24.8 Å². The van der Waals surface area contributed by atoms with Crippen molar-refractivity contribution >= 4 is 5.97 Å². The van der Waals surface area contributed by atoms with Crippen LogP contribution in [0.3, 0.4) is 0 Å². The Morgan fingerprint density at radius 1 is 1.59 bits per heavy atom. The highest BCUT2D eigenvalue weighted by molar-refractivity contribution is 5.93. The second-order valence-corrected chi connectivity index (χ2v) is 5.67. The van der Waals surface area contributed by atoms with E-state index in [1.807, 2.05) is 6.07 Å². The monoisotopic (exact) mass is 235 g/mol. The average Bonchev–Trinajstić information content (AvgIpc) is 2.15. The number of ether oxygens (including phenoxy) is 1. The maximum absolute atomic E-state index is 11.7. The molecule has 1 rings (SSSR count). The van der Waals surface area contributed by atoms with Gasteiger partial charge in [-0.05, 0) is 43.1 Å². The van der Waals surface area contributed by atoms with Crippen molar-refractivity contribution in [2.75, 3.05) is 6.61 Å². The van der Waals surface area contributed by atoms with Crippen LogP contribution in [0.4, 0.5) is 0 Å². The lowest BCUT2D eigenvalue weighted by molar-refractivity contribution is -0.138. The van der Waals surface area contributed by atoms with Gasteiger partial charge in [0.1, 0.15) is 11.6 Å². The Kier molecular flexibility index (Phi) is 4.34. The first kappa shape index (κ1) is 13.8. The van der Waals surface area contributed by atoms with Crippen molar-refractivity contribution in [2.24, 2.45) is 11.3 Å². The van der Waals surface area contributed by atoms with Gasteiger partial charge in [-0.1, -0.05) is 20.8 Å². The number of nitrogens with zero attached hydrogens (tertiary/aromatic N) is 1. The molecule has 3 nitrogen and oxygen atoms in total. The molecule has 0 aromatic carbocycles. The standard InChI is InChI=1S/C14H21NO2/c1-5-17-13(16)12(9-15)11-6-10(2)7-14(3,4)8-11/h10H,5-8H2,1-4H3/b12-11+/t10-/m0/s1. The van der Waals surface area contributed by atoms with E-state index in [4.69, 9.17) is 10.00 Å². The van der Waals surface area contributed by atoms with E-state index in [-0.39, 0.29) is 11.0 Å². The molecule has 1 aliphatic rings. The summed E-state index contributed by atoms with van der Waals surface area (Å²) in [6.45, 7) is 8.61. The lowest BCUT2D eigenvalue weighted by Crippen LogP contribution is -2.24. The molecule has 0 aromatic rings. The van der Waals surface area contributed by atoms with Gasteiger partial charge < -0.3 is 4.74 Å². The molecular weight excluding hydrogens is 214 g/mol. The first-order valence-electron chi connectivity index (χ1n) is 6.19. The van der Waals surface area contributed by atoms with E-state index in [0.29, 0.717) is 12.5 Å². The molecule has 0 aliphatic heterocycles. The molecule has 94 valence electrons. The lowest BCUT2D eigenvalue weighted by Gasteiger charge is -2.35. The van der Waals surface area contributed by atoms with Gasteiger partial charge in [0.2, 0.25) is 0 Å². The van der Waals surface area contributed by atoms with E-state index in [2.05, 4.69) is 20.8 Å². The van der Waals surface area contributed by atoms with Gasteiger partial charge in [-0.15, -0.1) is 0 Å². The molecule has 1 atom stereocenters. The van der Waals surface area contributed by atoms with E-state index in [1.54, 1.807) is 6.92 Å². The predicted molar refractivity (Wildman–Crippen MR) is 66.1 cm³/mol. The zero-order chi connectivity index (χ0) is 13.1. The molecule has 0 saturated heterocycles. The molecule has 0 bridgehead atoms. The summed E-state index contributed by atoms with van der Waals surface area (Å²) >= 11 is 0. The van der Waals surface area contributed by atoms with Crippen LogP contribution in [0.2, 0.25) is 0 Å². The van der Waals surface area contributed by atoms with Gasteiger partial charge in [0, 0.05) is 0 Å². The Hall–Kier alpha value is -1.30. The smallest absolute Gasteiger partial charge is 0.348 e. The molecule has 1 aliphatic carbocycles. The molecule has 1 saturated carbocycles. The highest BCUT2D eigenvalue weighted by atomic mass is 16.5. The van der Waals surface area contributed by atoms with Gasteiger partial charge in [-0.25, -0.2) is 4.79 Å². The van der Waals surface area contributed by atoms with Crippen LogP contribution < -0.4 is 0 Å². The van der Waals surface area contributed by atoms with Crippen LogP contribution in [-0.4, -0.2) is 12.6 Å². The summed E-state index contributed by atoms with van der Waals surface area (Å²) in [5.74, 6) is 0.0569. The third-order valence-corrected chi connectivity index (χ3v) is 3.13. The van der Waals surface area contributed by atoms with Gasteiger partial charge in [0.05, 0.1) is 6.61 Å². The highest BCUT2D eigenvalue weighted by Crippen LogP contribution is 2.42. The van der Waals surface area contributed by atoms with Crippen LogP contribution in [-0.2, 0) is 9.53 Å². The predicted octanol–water partition coefficient (Wildman–Crippen LogP) is 3.22. The van der Waals surface area contributed by atoms with Gasteiger partial charge in [0.25, 0.3) is 0 Å². The number of hydrogen-bond donors (Lipinski definition) is 0. The third kappa shape index (κ3) is 3.59. The topological polar surface area (TPSA) is 50.1 Å². The van der Waals surface area contributed by atoms with E-state index in [9.17, 15) is 4.79 Å². The summed E-state index contributed by atoms with van der Waals surface area (Å²) in [6.07, 6.45) is 2.79. The maximum Gasteiger partial charge on any atom is 0.348 e. The Morgan fingerprint density at radius 3 is 2.71 bits per heavy atom. The van der Waals surface area contributed by atoms with Crippen molar-refractivity contribution in [3.05, 3.63) is 11.1 Å². The molecule has 3 heteroatoms. The molecule has 17 heavy (non-hydrogen) atoms. The molecule has 0 N–H and O–H groups in total. The summed E-state index contributed by atoms with van der Waals surface area (Å²) < 4.78 is 4.93. The highest BCUT2D eigenvalue weighted by Gasteiger charge is 2.31. The van der Waals surface area contributed by atoms with Crippen LogP contribution in [0.1, 0.15) is 47.0 Å².